The topological polar surface area (TPSA) is 77.0 Å². The molecule has 0 saturated carbocycles. The normalized spacial score (nSPS) is 11.5. The quantitative estimate of drug-likeness (QED) is 0.615. The molecule has 1 aromatic heterocycles. The first-order valence-corrected chi connectivity index (χ1v) is 6.33. The Morgan fingerprint density at radius 3 is 2.83 bits per heavy atom. The van der Waals surface area contributed by atoms with Gasteiger partial charge in [-0.3, -0.25) is 21.1 Å². The van der Waals surface area contributed by atoms with Gasteiger partial charge in [0.25, 0.3) is 0 Å². The van der Waals surface area contributed by atoms with Gasteiger partial charge in [-0.05, 0) is 23.4 Å². The van der Waals surface area contributed by atoms with Gasteiger partial charge in [0.2, 0.25) is 0 Å². The standard InChI is InChI=1S/C6H11N4PS/c7-11(8,12)10-5-6-2-1-3-9-4-6/h1-4H,5H2,(H5,7,8,10,12). The second-order valence-corrected chi connectivity index (χ2v) is 5.95. The highest BCUT2D eigenvalue weighted by Crippen LogP contribution is 2.18. The fourth-order valence-electron chi connectivity index (χ4n) is 0.718. The van der Waals surface area contributed by atoms with Crippen LogP contribution < -0.4 is 16.1 Å². The molecule has 66 valence electrons. The zero-order valence-electron chi connectivity index (χ0n) is 6.47. The number of aromatic nitrogens is 1. The molecular formula is C6H11N4PS. The first-order valence-electron chi connectivity index (χ1n) is 3.39. The Bertz CT molecular complexity index is 283. The van der Waals surface area contributed by atoms with E-state index in [-0.39, 0.29) is 0 Å². The number of nitrogens with one attached hydrogen (secondary N) is 1. The molecule has 1 aromatic rings. The second kappa shape index (κ2) is 4.07. The smallest absolute Gasteiger partial charge is 0.132 e. The molecule has 5 N–H and O–H groups in total. The molecule has 0 bridgehead atoms. The molecule has 0 aliphatic rings. The van der Waals surface area contributed by atoms with Crippen LogP contribution in [-0.4, -0.2) is 4.98 Å². The van der Waals surface area contributed by atoms with E-state index < -0.39 is 6.49 Å². The number of nitrogens with two attached hydrogens (primary N) is 2. The number of hydrogen-bond acceptors (Lipinski definition) is 2. The van der Waals surface area contributed by atoms with Crippen LogP contribution in [0.15, 0.2) is 24.5 Å². The molecule has 12 heavy (non-hydrogen) atoms. The first kappa shape index (κ1) is 9.77. The molecular weight excluding hydrogens is 191 g/mol. The van der Waals surface area contributed by atoms with Gasteiger partial charge >= 0.3 is 0 Å². The lowest BCUT2D eigenvalue weighted by Crippen LogP contribution is -2.21. The van der Waals surface area contributed by atoms with Gasteiger partial charge in [-0.15, -0.1) is 0 Å². The molecule has 0 unspecified atom stereocenters. The van der Waals surface area contributed by atoms with Gasteiger partial charge in [0, 0.05) is 18.9 Å². The Hall–Kier alpha value is -0.320. The van der Waals surface area contributed by atoms with Gasteiger partial charge in [0.1, 0.15) is 6.49 Å². The Kier molecular flexibility index (Phi) is 3.31. The van der Waals surface area contributed by atoms with Crippen molar-refractivity contribution < 1.29 is 0 Å². The van der Waals surface area contributed by atoms with Gasteiger partial charge < -0.3 is 0 Å². The van der Waals surface area contributed by atoms with Crippen LogP contribution in [0.3, 0.4) is 0 Å². The summed E-state index contributed by atoms with van der Waals surface area (Å²) in [5, 5.41) is 2.88. The van der Waals surface area contributed by atoms with Gasteiger partial charge in [0.15, 0.2) is 0 Å². The maximum Gasteiger partial charge on any atom is 0.132 e. The molecule has 6 heteroatoms. The average Bonchev–Trinajstić information content (AvgIpc) is 2.02. The van der Waals surface area contributed by atoms with E-state index in [0.717, 1.165) is 5.56 Å². The Morgan fingerprint density at radius 2 is 2.33 bits per heavy atom. The summed E-state index contributed by atoms with van der Waals surface area (Å²) in [5.41, 5.74) is 11.9. The van der Waals surface area contributed by atoms with Gasteiger partial charge in [-0.1, -0.05) is 6.07 Å². The van der Waals surface area contributed by atoms with Crippen molar-refractivity contribution in [3.8, 4) is 0 Å². The molecule has 0 saturated heterocycles. The summed E-state index contributed by atoms with van der Waals surface area (Å²) in [6.45, 7) is -1.69. The summed E-state index contributed by atoms with van der Waals surface area (Å²) in [5.74, 6) is 0. The van der Waals surface area contributed by atoms with Crippen LogP contribution >= 0.6 is 6.49 Å². The first-order chi connectivity index (χ1) is 5.58. The van der Waals surface area contributed by atoms with Gasteiger partial charge in [-0.2, -0.15) is 0 Å². The summed E-state index contributed by atoms with van der Waals surface area (Å²) in [6.07, 6.45) is 3.46. The summed E-state index contributed by atoms with van der Waals surface area (Å²) < 4.78 is 0. The molecule has 0 aromatic carbocycles. The molecule has 1 heterocycles. The van der Waals surface area contributed by atoms with Gasteiger partial charge in [0.05, 0.1) is 0 Å². The van der Waals surface area contributed by atoms with E-state index in [2.05, 4.69) is 10.1 Å². The monoisotopic (exact) mass is 202 g/mol. The lowest BCUT2D eigenvalue weighted by atomic mass is 10.3. The van der Waals surface area contributed by atoms with E-state index in [9.17, 15) is 0 Å². The van der Waals surface area contributed by atoms with E-state index in [4.69, 9.17) is 22.8 Å². The van der Waals surface area contributed by atoms with Crippen molar-refractivity contribution in [2.45, 2.75) is 6.54 Å². The largest absolute Gasteiger partial charge is 0.280 e. The minimum atomic E-state index is -2.28. The number of rotatable bonds is 3. The van der Waals surface area contributed by atoms with Crippen molar-refractivity contribution in [2.24, 2.45) is 11.0 Å². The minimum Gasteiger partial charge on any atom is -0.280 e. The Balaban J connectivity index is 2.50. The highest BCUT2D eigenvalue weighted by Gasteiger charge is 2.00. The summed E-state index contributed by atoms with van der Waals surface area (Å²) in [4.78, 5) is 3.94. The lowest BCUT2D eigenvalue weighted by Gasteiger charge is -2.11. The molecule has 0 fully saturated rings. The molecule has 4 nitrogen and oxygen atoms in total. The summed E-state index contributed by atoms with van der Waals surface area (Å²) in [6, 6.07) is 3.79. The van der Waals surface area contributed by atoms with Crippen LogP contribution in [0.5, 0.6) is 0 Å². The molecule has 0 spiro atoms. The number of nitrogens with zero attached hydrogens (tertiary/aromatic N) is 1. The highest BCUT2D eigenvalue weighted by atomic mass is 32.4. The van der Waals surface area contributed by atoms with E-state index in [1.807, 2.05) is 12.1 Å². The van der Waals surface area contributed by atoms with Crippen LogP contribution in [-0.2, 0) is 18.4 Å². The molecule has 0 atom stereocenters. The van der Waals surface area contributed by atoms with Crippen LogP contribution in [0.25, 0.3) is 0 Å². The predicted octanol–water partition coefficient (Wildman–Crippen LogP) is 0.313. The third-order valence-corrected chi connectivity index (χ3v) is 2.29. The third kappa shape index (κ3) is 3.90. The van der Waals surface area contributed by atoms with Crippen LogP contribution in [0.1, 0.15) is 5.56 Å². The molecule has 0 aliphatic heterocycles. The van der Waals surface area contributed by atoms with Crippen molar-refractivity contribution in [1.29, 1.82) is 0 Å². The van der Waals surface area contributed by atoms with E-state index in [1.165, 1.54) is 0 Å². The van der Waals surface area contributed by atoms with Crippen LogP contribution in [0, 0.1) is 0 Å². The maximum atomic E-state index is 5.46. The zero-order chi connectivity index (χ0) is 9.03. The lowest BCUT2D eigenvalue weighted by molar-refractivity contribution is 0.943. The molecule has 1 rings (SSSR count). The predicted molar refractivity (Wildman–Crippen MR) is 53.7 cm³/mol. The van der Waals surface area contributed by atoms with Crippen molar-refractivity contribution in [2.75, 3.05) is 0 Å². The SMILES string of the molecule is NP(N)(=S)NCc1cccnc1. The number of hydrogen-bond donors (Lipinski definition) is 3. The van der Waals surface area contributed by atoms with E-state index in [0.29, 0.717) is 6.54 Å². The fraction of sp³-hybridized carbons (Fsp3) is 0.167. The van der Waals surface area contributed by atoms with Crippen LogP contribution in [0.2, 0.25) is 0 Å². The van der Waals surface area contributed by atoms with Crippen molar-refractivity contribution in [3.63, 3.8) is 0 Å². The Labute approximate surface area is 76.5 Å². The molecule has 0 radical (unpaired) electrons. The Morgan fingerprint density at radius 1 is 1.58 bits per heavy atom. The van der Waals surface area contributed by atoms with E-state index in [1.54, 1.807) is 12.4 Å². The molecule has 0 aliphatic carbocycles. The second-order valence-electron chi connectivity index (χ2n) is 2.41. The summed E-state index contributed by atoms with van der Waals surface area (Å²) in [7, 11) is 0. The van der Waals surface area contributed by atoms with Crippen molar-refractivity contribution in [3.05, 3.63) is 30.1 Å². The van der Waals surface area contributed by atoms with Gasteiger partial charge in [-0.25, -0.2) is 0 Å². The van der Waals surface area contributed by atoms with E-state index >= 15 is 0 Å². The highest BCUT2D eigenvalue weighted by molar-refractivity contribution is 8.11. The fourth-order valence-corrected chi connectivity index (χ4v) is 1.34. The average molecular weight is 202 g/mol. The van der Waals surface area contributed by atoms with Crippen molar-refractivity contribution >= 4 is 18.3 Å². The van der Waals surface area contributed by atoms with Crippen molar-refractivity contribution in [1.82, 2.24) is 10.1 Å². The summed E-state index contributed by atoms with van der Waals surface area (Å²) >= 11 is 4.82. The molecule has 0 amide bonds. The third-order valence-electron chi connectivity index (χ3n) is 1.25. The van der Waals surface area contributed by atoms with Crippen LogP contribution in [0.4, 0.5) is 0 Å². The zero-order valence-corrected chi connectivity index (χ0v) is 8.18. The minimum absolute atomic E-state index is 0.581. The maximum absolute atomic E-state index is 5.46. The number of pyridine rings is 1.